The Morgan fingerprint density at radius 3 is 2.48 bits per heavy atom. The second-order valence-corrected chi connectivity index (χ2v) is 9.64. The second kappa shape index (κ2) is 9.00. The van der Waals surface area contributed by atoms with Crippen LogP contribution in [0.5, 0.6) is 0 Å². The quantitative estimate of drug-likeness (QED) is 0.666. The van der Waals surface area contributed by atoms with Crippen LogP contribution in [0.2, 0.25) is 0 Å². The van der Waals surface area contributed by atoms with E-state index in [1.807, 2.05) is 0 Å². The first-order valence-electron chi connectivity index (χ1n) is 8.52. The number of carbonyl (C=O) groups is 2. The molecule has 0 unspecified atom stereocenters. The van der Waals surface area contributed by atoms with Gasteiger partial charge in [-0.25, -0.2) is 13.2 Å². The lowest BCUT2D eigenvalue weighted by atomic mass is 10.2. The molecule has 27 heavy (non-hydrogen) atoms. The Balaban J connectivity index is 1.91. The predicted octanol–water partition coefficient (Wildman–Crippen LogP) is 1.02. The monoisotopic (exact) mass is 419 g/mol. The molecule has 0 spiro atoms. The molecule has 1 aromatic heterocycles. The molecule has 1 aliphatic rings. The number of morpholine rings is 1. The largest absolute Gasteiger partial charge is 0.444 e. The van der Waals surface area contributed by atoms with E-state index in [-0.39, 0.29) is 36.0 Å². The molecular weight excluding hydrogens is 394 g/mol. The summed E-state index contributed by atoms with van der Waals surface area (Å²) in [6.45, 7) is 6.76. The highest BCUT2D eigenvalue weighted by Gasteiger charge is 2.31. The van der Waals surface area contributed by atoms with Crippen LogP contribution in [0.1, 0.15) is 30.4 Å². The van der Waals surface area contributed by atoms with Crippen LogP contribution in [0, 0.1) is 0 Å². The molecular formula is C16H25N3O6S2. The molecule has 1 aliphatic heterocycles. The van der Waals surface area contributed by atoms with Crippen molar-refractivity contribution in [3.05, 3.63) is 16.3 Å². The number of alkyl carbamates (subject to hydrolysis) is 1. The van der Waals surface area contributed by atoms with Crippen LogP contribution in [0.3, 0.4) is 0 Å². The van der Waals surface area contributed by atoms with Crippen molar-refractivity contribution < 1.29 is 27.5 Å². The summed E-state index contributed by atoms with van der Waals surface area (Å²) in [5.74, 6) is -0.497. The lowest BCUT2D eigenvalue weighted by Gasteiger charge is -2.26. The number of sulfonamides is 1. The first-order valence-corrected chi connectivity index (χ1v) is 10.8. The van der Waals surface area contributed by atoms with E-state index >= 15 is 0 Å². The molecule has 2 rings (SSSR count). The van der Waals surface area contributed by atoms with Crippen molar-refractivity contribution in [2.24, 2.45) is 0 Å². The van der Waals surface area contributed by atoms with Crippen LogP contribution in [-0.4, -0.2) is 69.7 Å². The van der Waals surface area contributed by atoms with Crippen LogP contribution in [0.4, 0.5) is 4.79 Å². The van der Waals surface area contributed by atoms with E-state index in [2.05, 4.69) is 10.6 Å². The van der Waals surface area contributed by atoms with Crippen molar-refractivity contribution in [2.75, 3.05) is 39.4 Å². The van der Waals surface area contributed by atoms with Crippen molar-refractivity contribution in [3.63, 3.8) is 0 Å². The lowest BCUT2D eigenvalue weighted by molar-refractivity contribution is 0.0526. The fourth-order valence-electron chi connectivity index (χ4n) is 2.33. The Labute approximate surface area is 163 Å². The van der Waals surface area contributed by atoms with E-state index in [1.54, 1.807) is 26.2 Å². The average Bonchev–Trinajstić information content (AvgIpc) is 3.08. The molecule has 0 bridgehead atoms. The molecule has 1 saturated heterocycles. The minimum absolute atomic E-state index is 0.00741. The smallest absolute Gasteiger partial charge is 0.407 e. The van der Waals surface area contributed by atoms with Crippen LogP contribution in [-0.2, 0) is 19.5 Å². The first kappa shape index (κ1) is 21.6. The molecule has 0 saturated carbocycles. The number of nitrogens with zero attached hydrogens (tertiary/aromatic N) is 1. The number of amides is 2. The van der Waals surface area contributed by atoms with E-state index < -0.39 is 27.6 Å². The van der Waals surface area contributed by atoms with E-state index in [0.717, 1.165) is 11.3 Å². The topological polar surface area (TPSA) is 114 Å². The van der Waals surface area contributed by atoms with Crippen LogP contribution in [0.15, 0.2) is 16.3 Å². The number of hydrogen-bond acceptors (Lipinski definition) is 7. The average molecular weight is 420 g/mol. The van der Waals surface area contributed by atoms with Crippen molar-refractivity contribution in [1.29, 1.82) is 0 Å². The van der Waals surface area contributed by atoms with E-state index in [0.29, 0.717) is 13.2 Å². The van der Waals surface area contributed by atoms with Crippen molar-refractivity contribution in [1.82, 2.24) is 14.9 Å². The van der Waals surface area contributed by atoms with Crippen LogP contribution >= 0.6 is 11.3 Å². The molecule has 2 amide bonds. The summed E-state index contributed by atoms with van der Waals surface area (Å²) in [6, 6.07) is 1.43. The summed E-state index contributed by atoms with van der Waals surface area (Å²) in [7, 11) is -3.75. The third-order valence-electron chi connectivity index (χ3n) is 3.50. The van der Waals surface area contributed by atoms with Crippen molar-refractivity contribution in [2.45, 2.75) is 31.3 Å². The lowest BCUT2D eigenvalue weighted by Crippen LogP contribution is -2.41. The SMILES string of the molecule is CC(C)(C)OC(=O)NCCNC(=O)c1sccc1S(=O)(=O)N1CCOCC1. The number of nitrogens with one attached hydrogen (secondary N) is 2. The summed E-state index contributed by atoms with van der Waals surface area (Å²) in [5, 5.41) is 6.71. The minimum atomic E-state index is -3.75. The minimum Gasteiger partial charge on any atom is -0.444 e. The summed E-state index contributed by atoms with van der Waals surface area (Å²) in [4.78, 5) is 24.0. The van der Waals surface area contributed by atoms with E-state index in [9.17, 15) is 18.0 Å². The molecule has 2 N–H and O–H groups in total. The summed E-state index contributed by atoms with van der Waals surface area (Å²) in [5.41, 5.74) is -0.604. The van der Waals surface area contributed by atoms with Gasteiger partial charge < -0.3 is 20.1 Å². The van der Waals surface area contributed by atoms with Crippen LogP contribution in [0.25, 0.3) is 0 Å². The molecule has 0 radical (unpaired) electrons. The molecule has 0 aliphatic carbocycles. The maximum absolute atomic E-state index is 12.7. The number of rotatable bonds is 6. The highest BCUT2D eigenvalue weighted by Crippen LogP contribution is 2.25. The van der Waals surface area contributed by atoms with Crippen LogP contribution < -0.4 is 10.6 Å². The number of thiophene rings is 1. The van der Waals surface area contributed by atoms with Gasteiger partial charge in [0, 0.05) is 26.2 Å². The number of ether oxygens (including phenoxy) is 2. The Kier molecular flexibility index (Phi) is 7.20. The third-order valence-corrected chi connectivity index (χ3v) is 6.49. The molecule has 0 aromatic carbocycles. The fourth-order valence-corrected chi connectivity index (χ4v) is 5.05. The summed E-state index contributed by atoms with van der Waals surface area (Å²) in [6.07, 6.45) is -0.580. The summed E-state index contributed by atoms with van der Waals surface area (Å²) < 4.78 is 37.1. The number of hydrogen-bond donors (Lipinski definition) is 2. The zero-order chi connectivity index (χ0) is 20.1. The van der Waals surface area contributed by atoms with Gasteiger partial charge in [0.1, 0.15) is 15.4 Å². The standard InChI is InChI=1S/C16H25N3O6S2/c1-16(2,3)25-15(21)18-6-5-17-14(20)13-12(4-11-26-13)27(22,23)19-7-9-24-10-8-19/h4,11H,5-10H2,1-3H3,(H,17,20)(H,18,21). The normalized spacial score (nSPS) is 16.0. The first-order chi connectivity index (χ1) is 12.6. The Bertz CT molecular complexity index is 763. The van der Waals surface area contributed by atoms with Gasteiger partial charge in [0.05, 0.1) is 13.2 Å². The van der Waals surface area contributed by atoms with Crippen molar-refractivity contribution >= 4 is 33.4 Å². The zero-order valence-electron chi connectivity index (χ0n) is 15.6. The molecule has 11 heteroatoms. The van der Waals surface area contributed by atoms with Gasteiger partial charge in [-0.3, -0.25) is 4.79 Å². The van der Waals surface area contributed by atoms with Gasteiger partial charge in [-0.1, -0.05) is 0 Å². The predicted molar refractivity (Wildman–Crippen MR) is 100 cm³/mol. The molecule has 2 heterocycles. The molecule has 0 atom stereocenters. The van der Waals surface area contributed by atoms with Gasteiger partial charge in [-0.05, 0) is 32.2 Å². The van der Waals surface area contributed by atoms with Gasteiger partial charge in [-0.2, -0.15) is 4.31 Å². The second-order valence-electron chi connectivity index (χ2n) is 6.82. The van der Waals surface area contributed by atoms with Crippen molar-refractivity contribution in [3.8, 4) is 0 Å². The molecule has 1 fully saturated rings. The Morgan fingerprint density at radius 2 is 1.85 bits per heavy atom. The highest BCUT2D eigenvalue weighted by molar-refractivity contribution is 7.89. The molecule has 9 nitrogen and oxygen atoms in total. The Morgan fingerprint density at radius 1 is 1.22 bits per heavy atom. The van der Waals surface area contributed by atoms with Gasteiger partial charge in [0.2, 0.25) is 10.0 Å². The van der Waals surface area contributed by atoms with E-state index in [1.165, 1.54) is 10.4 Å². The summed E-state index contributed by atoms with van der Waals surface area (Å²) >= 11 is 1.06. The van der Waals surface area contributed by atoms with Gasteiger partial charge >= 0.3 is 6.09 Å². The third kappa shape index (κ3) is 6.16. The van der Waals surface area contributed by atoms with Gasteiger partial charge in [-0.15, -0.1) is 11.3 Å². The maximum Gasteiger partial charge on any atom is 0.407 e. The zero-order valence-corrected chi connectivity index (χ0v) is 17.2. The number of carbonyl (C=O) groups excluding carboxylic acids is 2. The fraction of sp³-hybridized carbons (Fsp3) is 0.625. The molecule has 1 aromatic rings. The maximum atomic E-state index is 12.7. The highest BCUT2D eigenvalue weighted by atomic mass is 32.2. The van der Waals surface area contributed by atoms with E-state index in [4.69, 9.17) is 9.47 Å². The molecule has 152 valence electrons. The van der Waals surface area contributed by atoms with Gasteiger partial charge in [0.15, 0.2) is 0 Å². The Hall–Kier alpha value is -1.69. The van der Waals surface area contributed by atoms with Gasteiger partial charge in [0.25, 0.3) is 5.91 Å².